The van der Waals surface area contributed by atoms with Crippen molar-refractivity contribution in [2.75, 3.05) is 0 Å². The predicted molar refractivity (Wildman–Crippen MR) is 86.1 cm³/mol. The molecule has 2 N–H and O–H groups in total. The summed E-state index contributed by atoms with van der Waals surface area (Å²) in [5.41, 5.74) is 0.0427. The summed E-state index contributed by atoms with van der Waals surface area (Å²) in [6.07, 6.45) is 1.08. The van der Waals surface area contributed by atoms with Crippen LogP contribution in [-0.2, 0) is 11.3 Å². The average Bonchev–Trinajstić information content (AvgIpc) is 2.41. The first kappa shape index (κ1) is 16.5. The standard InChI is InChI=1S/C16H19ClN2O3/c1-16(2,3)13(11-6-4-5-7-12(11)17)22-9-10-8-18-15(21)19-14(10)20/h4-8,13H,9H2,1-3H3,(H2,18,19,20,21). The van der Waals surface area contributed by atoms with Crippen LogP contribution in [0.5, 0.6) is 0 Å². The summed E-state index contributed by atoms with van der Waals surface area (Å²) in [6, 6.07) is 7.48. The summed E-state index contributed by atoms with van der Waals surface area (Å²) < 4.78 is 5.95. The maximum absolute atomic E-state index is 11.7. The van der Waals surface area contributed by atoms with Crippen LogP contribution < -0.4 is 11.2 Å². The first-order chi connectivity index (χ1) is 10.3. The molecule has 0 saturated heterocycles. The van der Waals surface area contributed by atoms with Crippen LogP contribution in [0.25, 0.3) is 0 Å². The Kier molecular flexibility index (Phi) is 4.88. The van der Waals surface area contributed by atoms with Crippen molar-refractivity contribution in [3.05, 3.63) is 67.4 Å². The first-order valence-electron chi connectivity index (χ1n) is 6.96. The van der Waals surface area contributed by atoms with Gasteiger partial charge in [0.1, 0.15) is 0 Å². The van der Waals surface area contributed by atoms with Gasteiger partial charge in [-0.15, -0.1) is 0 Å². The van der Waals surface area contributed by atoms with Crippen molar-refractivity contribution in [2.24, 2.45) is 5.41 Å². The largest absolute Gasteiger partial charge is 0.368 e. The fraction of sp³-hybridized carbons (Fsp3) is 0.375. The number of rotatable bonds is 4. The molecule has 1 heterocycles. The molecule has 0 aliphatic heterocycles. The highest BCUT2D eigenvalue weighted by Gasteiger charge is 2.29. The number of benzene rings is 1. The second-order valence-electron chi connectivity index (χ2n) is 6.18. The van der Waals surface area contributed by atoms with E-state index in [1.54, 1.807) is 0 Å². The van der Waals surface area contributed by atoms with Crippen molar-refractivity contribution >= 4 is 11.6 Å². The van der Waals surface area contributed by atoms with Crippen LogP contribution in [0.2, 0.25) is 5.02 Å². The van der Waals surface area contributed by atoms with E-state index in [2.05, 4.69) is 9.97 Å². The molecular weight excluding hydrogens is 304 g/mol. The number of aromatic amines is 2. The lowest BCUT2D eigenvalue weighted by atomic mass is 9.84. The fourth-order valence-corrected chi connectivity index (χ4v) is 2.45. The molecule has 5 nitrogen and oxygen atoms in total. The number of hydrogen-bond donors (Lipinski definition) is 2. The van der Waals surface area contributed by atoms with Gasteiger partial charge in [0.2, 0.25) is 0 Å². The maximum atomic E-state index is 11.7. The van der Waals surface area contributed by atoms with E-state index in [0.717, 1.165) is 5.56 Å². The van der Waals surface area contributed by atoms with Gasteiger partial charge in [0.05, 0.1) is 18.3 Å². The van der Waals surface area contributed by atoms with Gasteiger partial charge < -0.3 is 9.72 Å². The molecular formula is C16H19ClN2O3. The summed E-state index contributed by atoms with van der Waals surface area (Å²) in [6.45, 7) is 6.20. The Hall–Kier alpha value is -1.85. The number of hydrogen-bond acceptors (Lipinski definition) is 3. The molecule has 0 aliphatic carbocycles. The van der Waals surface area contributed by atoms with Crippen molar-refractivity contribution < 1.29 is 4.74 Å². The predicted octanol–water partition coefficient (Wildman–Crippen LogP) is 3.02. The normalized spacial score (nSPS) is 13.1. The molecule has 1 aromatic heterocycles. The summed E-state index contributed by atoms with van der Waals surface area (Å²) in [7, 11) is 0. The van der Waals surface area contributed by atoms with Crippen molar-refractivity contribution in [1.29, 1.82) is 0 Å². The van der Waals surface area contributed by atoms with E-state index < -0.39 is 11.2 Å². The highest BCUT2D eigenvalue weighted by atomic mass is 35.5. The third kappa shape index (κ3) is 3.87. The van der Waals surface area contributed by atoms with E-state index in [1.807, 2.05) is 45.0 Å². The average molecular weight is 323 g/mol. The molecule has 0 amide bonds. The smallest absolute Gasteiger partial charge is 0.325 e. The highest BCUT2D eigenvalue weighted by Crippen LogP contribution is 2.39. The van der Waals surface area contributed by atoms with E-state index in [1.165, 1.54) is 6.20 Å². The lowest BCUT2D eigenvalue weighted by Gasteiger charge is -2.31. The van der Waals surface area contributed by atoms with Gasteiger partial charge in [0.25, 0.3) is 5.56 Å². The number of aromatic nitrogens is 2. The van der Waals surface area contributed by atoms with Crippen LogP contribution in [0.1, 0.15) is 38.0 Å². The van der Waals surface area contributed by atoms with Gasteiger partial charge in [0.15, 0.2) is 0 Å². The summed E-state index contributed by atoms with van der Waals surface area (Å²) >= 11 is 6.26. The molecule has 0 radical (unpaired) electrons. The van der Waals surface area contributed by atoms with Gasteiger partial charge in [0, 0.05) is 11.2 Å². The number of halogens is 1. The van der Waals surface area contributed by atoms with Crippen molar-refractivity contribution in [3.63, 3.8) is 0 Å². The molecule has 0 bridgehead atoms. The summed E-state index contributed by atoms with van der Waals surface area (Å²) in [5, 5.41) is 0.623. The molecule has 2 rings (SSSR count). The molecule has 0 aliphatic rings. The van der Waals surface area contributed by atoms with E-state index in [9.17, 15) is 9.59 Å². The SMILES string of the molecule is CC(C)(C)C(OCc1c[nH]c(=O)[nH]c1=O)c1ccccc1Cl. The van der Waals surface area contributed by atoms with Gasteiger partial charge in [-0.3, -0.25) is 9.78 Å². The minimum atomic E-state index is -0.535. The Labute approximate surface area is 133 Å². The zero-order valence-electron chi connectivity index (χ0n) is 12.8. The van der Waals surface area contributed by atoms with E-state index in [-0.39, 0.29) is 18.1 Å². The van der Waals surface area contributed by atoms with Gasteiger partial charge in [-0.05, 0) is 17.0 Å². The molecule has 118 valence electrons. The Balaban J connectivity index is 2.27. The van der Waals surface area contributed by atoms with Crippen LogP contribution in [-0.4, -0.2) is 9.97 Å². The molecule has 6 heteroatoms. The van der Waals surface area contributed by atoms with Gasteiger partial charge in [-0.1, -0.05) is 50.6 Å². The Morgan fingerprint density at radius 2 is 1.91 bits per heavy atom. The van der Waals surface area contributed by atoms with Gasteiger partial charge in [-0.2, -0.15) is 0 Å². The Bertz CT molecular complexity index is 759. The summed E-state index contributed by atoms with van der Waals surface area (Å²) in [5.74, 6) is 0. The second kappa shape index (κ2) is 6.50. The minimum Gasteiger partial charge on any atom is -0.368 e. The van der Waals surface area contributed by atoms with Crippen LogP contribution in [0.4, 0.5) is 0 Å². The summed E-state index contributed by atoms with van der Waals surface area (Å²) in [4.78, 5) is 27.4. The third-order valence-corrected chi connectivity index (χ3v) is 3.62. The van der Waals surface area contributed by atoms with E-state index >= 15 is 0 Å². The van der Waals surface area contributed by atoms with Crippen LogP contribution in [0.15, 0.2) is 40.1 Å². The molecule has 22 heavy (non-hydrogen) atoms. The molecule has 1 unspecified atom stereocenters. The lowest BCUT2D eigenvalue weighted by Crippen LogP contribution is -2.27. The molecule has 1 atom stereocenters. The Morgan fingerprint density at radius 1 is 1.23 bits per heavy atom. The van der Waals surface area contributed by atoms with E-state index in [0.29, 0.717) is 10.6 Å². The van der Waals surface area contributed by atoms with Crippen LogP contribution >= 0.6 is 11.6 Å². The van der Waals surface area contributed by atoms with Crippen LogP contribution in [0, 0.1) is 5.41 Å². The minimum absolute atomic E-state index is 0.0826. The molecule has 2 aromatic rings. The third-order valence-electron chi connectivity index (χ3n) is 3.28. The lowest BCUT2D eigenvalue weighted by molar-refractivity contribution is -0.0309. The molecule has 0 saturated carbocycles. The molecule has 0 fully saturated rings. The molecule has 0 spiro atoms. The van der Waals surface area contributed by atoms with E-state index in [4.69, 9.17) is 16.3 Å². The number of ether oxygens (including phenoxy) is 1. The Morgan fingerprint density at radius 3 is 2.50 bits per heavy atom. The first-order valence-corrected chi connectivity index (χ1v) is 7.34. The monoisotopic (exact) mass is 322 g/mol. The number of H-pyrrole nitrogens is 2. The number of nitrogens with one attached hydrogen (secondary N) is 2. The maximum Gasteiger partial charge on any atom is 0.325 e. The van der Waals surface area contributed by atoms with Crippen molar-refractivity contribution in [3.8, 4) is 0 Å². The zero-order valence-corrected chi connectivity index (χ0v) is 13.5. The van der Waals surface area contributed by atoms with Gasteiger partial charge >= 0.3 is 5.69 Å². The van der Waals surface area contributed by atoms with Crippen molar-refractivity contribution in [2.45, 2.75) is 33.5 Å². The van der Waals surface area contributed by atoms with Crippen LogP contribution in [0.3, 0.4) is 0 Å². The molecule has 1 aromatic carbocycles. The van der Waals surface area contributed by atoms with Gasteiger partial charge in [-0.25, -0.2) is 4.79 Å². The topological polar surface area (TPSA) is 75.0 Å². The highest BCUT2D eigenvalue weighted by molar-refractivity contribution is 6.31. The fourth-order valence-electron chi connectivity index (χ4n) is 2.21. The van der Waals surface area contributed by atoms with Crippen molar-refractivity contribution in [1.82, 2.24) is 9.97 Å². The quantitative estimate of drug-likeness (QED) is 0.908. The zero-order chi connectivity index (χ0) is 16.3. The second-order valence-corrected chi connectivity index (χ2v) is 6.58.